The third-order valence-electron chi connectivity index (χ3n) is 4.73. The summed E-state index contributed by atoms with van der Waals surface area (Å²) < 4.78 is 0. The van der Waals surface area contributed by atoms with Crippen molar-refractivity contribution in [3.8, 4) is 0 Å². The average molecular weight is 293 g/mol. The summed E-state index contributed by atoms with van der Waals surface area (Å²) in [5.41, 5.74) is 2.75. The highest BCUT2D eigenvalue weighted by atomic mass is 35.5. The number of halogens is 1. The largest absolute Gasteiger partial charge is 0.371 e. The van der Waals surface area contributed by atoms with Crippen LogP contribution in [0.3, 0.4) is 0 Å². The second-order valence-electron chi connectivity index (χ2n) is 6.27. The number of anilines is 1. The zero-order valence-electron chi connectivity index (χ0n) is 12.4. The van der Waals surface area contributed by atoms with Gasteiger partial charge in [0.1, 0.15) is 0 Å². The quantitative estimate of drug-likeness (QED) is 0.874. The molecular weight excluding hydrogens is 268 g/mol. The van der Waals surface area contributed by atoms with Gasteiger partial charge in [-0.1, -0.05) is 24.9 Å². The highest BCUT2D eigenvalue weighted by Crippen LogP contribution is 2.30. The Labute approximate surface area is 127 Å². The fourth-order valence-electron chi connectivity index (χ4n) is 3.13. The zero-order chi connectivity index (χ0) is 13.9. The van der Waals surface area contributed by atoms with Gasteiger partial charge in [-0.2, -0.15) is 0 Å². The molecule has 1 N–H and O–H groups in total. The number of piperidine rings is 1. The van der Waals surface area contributed by atoms with Crippen molar-refractivity contribution in [1.29, 1.82) is 0 Å². The van der Waals surface area contributed by atoms with Crippen LogP contribution in [0.2, 0.25) is 5.02 Å². The molecule has 3 heteroatoms. The molecule has 2 nitrogen and oxygen atoms in total. The molecule has 20 heavy (non-hydrogen) atoms. The van der Waals surface area contributed by atoms with Crippen LogP contribution in [-0.4, -0.2) is 19.1 Å². The van der Waals surface area contributed by atoms with Crippen molar-refractivity contribution in [2.24, 2.45) is 5.92 Å². The first kappa shape index (κ1) is 14.2. The summed E-state index contributed by atoms with van der Waals surface area (Å²) >= 11 is 6.19. The Kier molecular flexibility index (Phi) is 4.52. The van der Waals surface area contributed by atoms with E-state index in [0.717, 1.165) is 23.5 Å². The van der Waals surface area contributed by atoms with Crippen LogP contribution in [0.25, 0.3) is 0 Å². The average Bonchev–Trinajstić information content (AvgIpc) is 3.30. The van der Waals surface area contributed by atoms with Crippen LogP contribution < -0.4 is 10.2 Å². The first-order valence-corrected chi connectivity index (χ1v) is 8.41. The third kappa shape index (κ3) is 3.48. The van der Waals surface area contributed by atoms with E-state index < -0.39 is 0 Å². The molecule has 0 spiro atoms. The number of rotatable bonds is 5. The Hall–Kier alpha value is -0.730. The van der Waals surface area contributed by atoms with E-state index in [-0.39, 0.29) is 0 Å². The summed E-state index contributed by atoms with van der Waals surface area (Å²) in [5.74, 6) is 0.923. The van der Waals surface area contributed by atoms with Crippen molar-refractivity contribution in [3.05, 3.63) is 28.8 Å². The molecule has 0 atom stereocenters. The fourth-order valence-corrected chi connectivity index (χ4v) is 3.32. The second kappa shape index (κ2) is 6.36. The van der Waals surface area contributed by atoms with E-state index in [1.54, 1.807) is 0 Å². The summed E-state index contributed by atoms with van der Waals surface area (Å²) in [6.07, 6.45) is 6.64. The molecule has 3 rings (SSSR count). The normalized spacial score (nSPS) is 20.4. The van der Waals surface area contributed by atoms with Crippen LogP contribution in [0.1, 0.15) is 44.6 Å². The maximum atomic E-state index is 6.19. The van der Waals surface area contributed by atoms with E-state index in [1.165, 1.54) is 56.4 Å². The molecule has 1 aliphatic heterocycles. The number of nitrogens with zero attached hydrogens (tertiary/aromatic N) is 1. The molecule has 1 aliphatic carbocycles. The summed E-state index contributed by atoms with van der Waals surface area (Å²) in [6, 6.07) is 7.12. The maximum absolute atomic E-state index is 6.19. The highest BCUT2D eigenvalue weighted by Gasteiger charge is 2.23. The van der Waals surface area contributed by atoms with Gasteiger partial charge in [-0.3, -0.25) is 0 Å². The van der Waals surface area contributed by atoms with Gasteiger partial charge in [-0.05, 0) is 55.4 Å². The van der Waals surface area contributed by atoms with Gasteiger partial charge in [0, 0.05) is 36.4 Å². The van der Waals surface area contributed by atoms with Gasteiger partial charge >= 0.3 is 0 Å². The van der Waals surface area contributed by atoms with E-state index in [9.17, 15) is 0 Å². The molecule has 2 aliphatic rings. The molecule has 1 heterocycles. The van der Waals surface area contributed by atoms with E-state index in [0.29, 0.717) is 0 Å². The van der Waals surface area contributed by atoms with Gasteiger partial charge in [0.05, 0.1) is 0 Å². The van der Waals surface area contributed by atoms with Crippen molar-refractivity contribution in [2.75, 3.05) is 18.0 Å². The number of benzene rings is 1. The van der Waals surface area contributed by atoms with Crippen LogP contribution >= 0.6 is 11.6 Å². The van der Waals surface area contributed by atoms with Gasteiger partial charge in [-0.15, -0.1) is 0 Å². The van der Waals surface area contributed by atoms with Crippen LogP contribution in [-0.2, 0) is 6.54 Å². The SMILES string of the molecule is CCC1CCN(c2ccc(Cl)cc2CNC2CC2)CC1. The van der Waals surface area contributed by atoms with E-state index >= 15 is 0 Å². The Morgan fingerprint density at radius 3 is 2.60 bits per heavy atom. The molecular formula is C17H25ClN2. The van der Waals surface area contributed by atoms with E-state index in [4.69, 9.17) is 11.6 Å². The third-order valence-corrected chi connectivity index (χ3v) is 4.97. The lowest BCUT2D eigenvalue weighted by Gasteiger charge is -2.34. The van der Waals surface area contributed by atoms with Crippen molar-refractivity contribution in [2.45, 2.75) is 51.6 Å². The minimum Gasteiger partial charge on any atom is -0.371 e. The van der Waals surface area contributed by atoms with Crippen LogP contribution in [0.4, 0.5) is 5.69 Å². The highest BCUT2D eigenvalue weighted by molar-refractivity contribution is 6.30. The van der Waals surface area contributed by atoms with Gasteiger partial charge in [-0.25, -0.2) is 0 Å². The lowest BCUT2D eigenvalue weighted by Crippen LogP contribution is -2.34. The van der Waals surface area contributed by atoms with Gasteiger partial charge in [0.2, 0.25) is 0 Å². The van der Waals surface area contributed by atoms with Crippen LogP contribution in [0.5, 0.6) is 0 Å². The van der Waals surface area contributed by atoms with E-state index in [2.05, 4.69) is 29.3 Å². The number of hydrogen-bond acceptors (Lipinski definition) is 2. The predicted molar refractivity (Wildman–Crippen MR) is 86.5 cm³/mol. The summed E-state index contributed by atoms with van der Waals surface area (Å²) in [5, 5.41) is 4.47. The fraction of sp³-hybridized carbons (Fsp3) is 0.647. The molecule has 1 saturated carbocycles. The first-order valence-electron chi connectivity index (χ1n) is 8.03. The van der Waals surface area contributed by atoms with E-state index in [1.807, 2.05) is 6.07 Å². The van der Waals surface area contributed by atoms with Crippen molar-refractivity contribution >= 4 is 17.3 Å². The van der Waals surface area contributed by atoms with Crippen molar-refractivity contribution in [1.82, 2.24) is 5.32 Å². The van der Waals surface area contributed by atoms with Crippen molar-refractivity contribution < 1.29 is 0 Å². The molecule has 110 valence electrons. The first-order chi connectivity index (χ1) is 9.76. The Balaban J connectivity index is 1.70. The monoisotopic (exact) mass is 292 g/mol. The Bertz CT molecular complexity index is 448. The number of nitrogens with one attached hydrogen (secondary N) is 1. The Morgan fingerprint density at radius 1 is 1.20 bits per heavy atom. The molecule has 0 amide bonds. The Morgan fingerprint density at radius 2 is 1.95 bits per heavy atom. The maximum Gasteiger partial charge on any atom is 0.0412 e. The second-order valence-corrected chi connectivity index (χ2v) is 6.70. The van der Waals surface area contributed by atoms with Crippen molar-refractivity contribution in [3.63, 3.8) is 0 Å². The van der Waals surface area contributed by atoms with Gasteiger partial charge < -0.3 is 10.2 Å². The predicted octanol–water partition coefficient (Wildman–Crippen LogP) is 4.22. The molecule has 1 saturated heterocycles. The minimum atomic E-state index is 0.743. The smallest absolute Gasteiger partial charge is 0.0412 e. The van der Waals surface area contributed by atoms with Gasteiger partial charge in [0.15, 0.2) is 0 Å². The minimum absolute atomic E-state index is 0.743. The molecule has 1 aromatic rings. The standard InChI is InChI=1S/C17H25ClN2/c1-2-13-7-9-20(10-8-13)17-6-3-15(18)11-14(17)12-19-16-4-5-16/h3,6,11,13,16,19H,2,4-5,7-10,12H2,1H3. The molecule has 0 unspecified atom stereocenters. The zero-order valence-corrected chi connectivity index (χ0v) is 13.1. The molecule has 2 fully saturated rings. The lowest BCUT2D eigenvalue weighted by atomic mass is 9.94. The van der Waals surface area contributed by atoms with Crippen LogP contribution in [0, 0.1) is 5.92 Å². The summed E-state index contributed by atoms with van der Waals surface area (Å²) in [6.45, 7) is 5.65. The molecule has 0 bridgehead atoms. The number of hydrogen-bond donors (Lipinski definition) is 1. The molecule has 0 radical (unpaired) electrons. The lowest BCUT2D eigenvalue weighted by molar-refractivity contribution is 0.394. The molecule has 1 aromatic carbocycles. The summed E-state index contributed by atoms with van der Waals surface area (Å²) in [4.78, 5) is 2.55. The van der Waals surface area contributed by atoms with Crippen LogP contribution in [0.15, 0.2) is 18.2 Å². The summed E-state index contributed by atoms with van der Waals surface area (Å²) in [7, 11) is 0. The van der Waals surface area contributed by atoms with Gasteiger partial charge in [0.25, 0.3) is 0 Å². The molecule has 0 aromatic heterocycles. The topological polar surface area (TPSA) is 15.3 Å².